The van der Waals surface area contributed by atoms with E-state index in [4.69, 9.17) is 14.2 Å². The van der Waals surface area contributed by atoms with Crippen LogP contribution in [0.25, 0.3) is 0 Å². The highest BCUT2D eigenvalue weighted by molar-refractivity contribution is 5.91. The molecular weight excluding hydrogens is 542 g/mol. The first-order valence-corrected chi connectivity index (χ1v) is 15.2. The maximum Gasteiger partial charge on any atom is 0.308 e. The van der Waals surface area contributed by atoms with Gasteiger partial charge in [-0.15, -0.1) is 0 Å². The molecule has 0 aromatic heterocycles. The highest BCUT2D eigenvalue weighted by atomic mass is 16.7. The molecule has 0 spiro atoms. The van der Waals surface area contributed by atoms with Crippen molar-refractivity contribution in [3.8, 4) is 0 Å². The van der Waals surface area contributed by atoms with Gasteiger partial charge in [0.2, 0.25) is 0 Å². The molecule has 0 aromatic rings. The van der Waals surface area contributed by atoms with Crippen LogP contribution in [0.1, 0.15) is 67.2 Å². The number of hydrogen-bond donors (Lipinski definition) is 3. The van der Waals surface area contributed by atoms with Gasteiger partial charge in [0.05, 0.1) is 37.4 Å². The number of ketones is 1. The monoisotopic (exact) mass is 595 g/mol. The summed E-state index contributed by atoms with van der Waals surface area (Å²) in [5, 5.41) is 32.1. The topological polar surface area (TPSA) is 143 Å². The summed E-state index contributed by atoms with van der Waals surface area (Å²) >= 11 is 0. The summed E-state index contributed by atoms with van der Waals surface area (Å²) in [6.45, 7) is 10.7. The number of carbonyl (C=O) groups excluding carboxylic acids is 3. The second-order valence-electron chi connectivity index (χ2n) is 12.5. The summed E-state index contributed by atoms with van der Waals surface area (Å²) in [7, 11) is 3.75. The fourth-order valence-electron chi connectivity index (χ4n) is 6.29. The number of allylic oxidation sites excluding steroid dienone is 3. The molecule has 0 aromatic carbocycles. The molecule has 2 aliphatic heterocycles. The molecule has 0 unspecified atom stereocenters. The molecule has 2 aliphatic rings. The number of esters is 1. The third-order valence-electron chi connectivity index (χ3n) is 8.90. The van der Waals surface area contributed by atoms with Gasteiger partial charge in [-0.25, -0.2) is 0 Å². The van der Waals surface area contributed by atoms with Crippen LogP contribution in [0.15, 0.2) is 23.8 Å². The van der Waals surface area contributed by atoms with E-state index < -0.39 is 66.5 Å². The third kappa shape index (κ3) is 9.53. The summed E-state index contributed by atoms with van der Waals surface area (Å²) in [5.74, 6) is -3.02. The molecule has 0 bridgehead atoms. The number of carbonyl (C=O) groups is 3. The molecule has 1 saturated heterocycles. The minimum Gasteiger partial charge on any atom is -0.462 e. The van der Waals surface area contributed by atoms with E-state index in [1.807, 2.05) is 39.8 Å². The van der Waals surface area contributed by atoms with Gasteiger partial charge in [-0.2, -0.15) is 0 Å². The van der Waals surface area contributed by atoms with Crippen LogP contribution in [0.5, 0.6) is 0 Å². The Bertz CT molecular complexity index is 950. The molecule has 42 heavy (non-hydrogen) atoms. The minimum absolute atomic E-state index is 0.0823. The number of rotatable bonds is 7. The molecule has 2 heterocycles. The Balaban J connectivity index is 2.52. The molecule has 0 saturated carbocycles. The summed E-state index contributed by atoms with van der Waals surface area (Å²) in [6, 6.07) is -0.267. The molecule has 3 N–H and O–H groups in total. The fourth-order valence-corrected chi connectivity index (χ4v) is 6.29. The van der Waals surface area contributed by atoms with Gasteiger partial charge in [0.15, 0.2) is 12.1 Å². The van der Waals surface area contributed by atoms with Gasteiger partial charge in [0.25, 0.3) is 0 Å². The molecule has 0 aliphatic carbocycles. The number of hydrogen-bond acceptors (Lipinski definition) is 10. The average Bonchev–Trinajstić information content (AvgIpc) is 2.93. The summed E-state index contributed by atoms with van der Waals surface area (Å²) in [6.07, 6.45) is 1.69. The van der Waals surface area contributed by atoms with Crippen molar-refractivity contribution in [2.45, 2.75) is 110 Å². The van der Waals surface area contributed by atoms with Gasteiger partial charge >= 0.3 is 5.97 Å². The van der Waals surface area contributed by atoms with Crippen molar-refractivity contribution in [1.29, 1.82) is 0 Å². The van der Waals surface area contributed by atoms with Gasteiger partial charge < -0.3 is 39.2 Å². The van der Waals surface area contributed by atoms with Crippen LogP contribution >= 0.6 is 0 Å². The molecule has 2 rings (SSSR count). The van der Waals surface area contributed by atoms with Gasteiger partial charge in [-0.05, 0) is 52.8 Å². The summed E-state index contributed by atoms with van der Waals surface area (Å²) < 4.78 is 18.4. The number of cyclic esters (lactones) is 1. The van der Waals surface area contributed by atoms with Gasteiger partial charge in [-0.3, -0.25) is 9.59 Å². The number of likely N-dealkylation sites (N-methyl/N-ethyl adjacent to an activating group) is 1. The van der Waals surface area contributed by atoms with E-state index in [-0.39, 0.29) is 37.2 Å². The smallest absolute Gasteiger partial charge is 0.308 e. The standard InChI is InChI=1S/C32H53NO9/c1-9-27-24(17-35)14-18(2)10-11-25(36)19(3)15-23(12-13-34)31(20(4)26(37)16-28(38)41-27)42-32-21(5)29(33(7)8)30(39)22(6)40-32/h10-11,13-14,19-24,26-27,29-32,35,37,39H,9,12,15-17H2,1-8H3/b11-10+,18-14+/t19-,20-,21+,22+,23-,24+,26+,27+,29+,30+,31+,32-/m0/s1. The van der Waals surface area contributed by atoms with Crippen LogP contribution in [0.4, 0.5) is 0 Å². The molecular formula is C32H53NO9. The summed E-state index contributed by atoms with van der Waals surface area (Å²) in [4.78, 5) is 39.9. The van der Waals surface area contributed by atoms with Crippen LogP contribution in [-0.4, -0.2) is 102 Å². The number of ether oxygens (including phenoxy) is 3. The third-order valence-corrected chi connectivity index (χ3v) is 8.90. The quantitative estimate of drug-likeness (QED) is 0.297. The Hall–Kier alpha value is -1.95. The van der Waals surface area contributed by atoms with E-state index in [1.54, 1.807) is 32.9 Å². The molecule has 12 atom stereocenters. The first kappa shape index (κ1) is 36.2. The second-order valence-corrected chi connectivity index (χ2v) is 12.5. The van der Waals surface area contributed by atoms with E-state index in [0.717, 1.165) is 11.9 Å². The van der Waals surface area contributed by atoms with E-state index in [1.165, 1.54) is 6.08 Å². The van der Waals surface area contributed by atoms with E-state index in [9.17, 15) is 29.7 Å². The summed E-state index contributed by atoms with van der Waals surface area (Å²) in [5.41, 5.74) is 0.741. The van der Waals surface area contributed by atoms with Crippen molar-refractivity contribution >= 4 is 18.0 Å². The normalized spacial score (nSPS) is 41.6. The Morgan fingerprint density at radius 1 is 1.10 bits per heavy atom. The Labute approximate surface area is 251 Å². The SMILES string of the molecule is CC[C@H]1OC(=O)C[C@@H](O)[C@H](C)[C@@H](O[C@@H]2O[C@H](C)[C@@H](O)[C@H](N(C)C)[C@H]2C)[C@@H](CC=O)C[C@H](C)C(=O)/C=C/C(C)=C/[C@@H]1CO. The number of aldehydes is 1. The van der Waals surface area contributed by atoms with Crippen LogP contribution in [0.3, 0.4) is 0 Å². The molecule has 1 fully saturated rings. The van der Waals surface area contributed by atoms with Gasteiger partial charge in [-0.1, -0.05) is 45.4 Å². The van der Waals surface area contributed by atoms with Crippen molar-refractivity contribution in [2.24, 2.45) is 29.6 Å². The highest BCUT2D eigenvalue weighted by Gasteiger charge is 2.45. The molecule has 10 nitrogen and oxygen atoms in total. The zero-order chi connectivity index (χ0) is 31.7. The minimum atomic E-state index is -1.18. The first-order chi connectivity index (χ1) is 19.7. The lowest BCUT2D eigenvalue weighted by atomic mass is 9.79. The van der Waals surface area contributed by atoms with Crippen molar-refractivity contribution in [3.63, 3.8) is 0 Å². The van der Waals surface area contributed by atoms with E-state index in [2.05, 4.69) is 0 Å². The van der Waals surface area contributed by atoms with Crippen molar-refractivity contribution in [1.82, 2.24) is 4.90 Å². The van der Waals surface area contributed by atoms with Crippen LogP contribution in [0.2, 0.25) is 0 Å². The number of nitrogens with zero attached hydrogens (tertiary/aromatic N) is 1. The molecule has 10 heteroatoms. The van der Waals surface area contributed by atoms with E-state index in [0.29, 0.717) is 12.8 Å². The maximum atomic E-state index is 13.1. The van der Waals surface area contributed by atoms with Crippen molar-refractivity contribution in [2.75, 3.05) is 20.7 Å². The zero-order valence-electron chi connectivity index (χ0n) is 26.5. The first-order valence-electron chi connectivity index (χ1n) is 15.2. The molecule has 240 valence electrons. The maximum absolute atomic E-state index is 13.1. The predicted molar refractivity (Wildman–Crippen MR) is 158 cm³/mol. The zero-order valence-corrected chi connectivity index (χ0v) is 26.5. The van der Waals surface area contributed by atoms with Crippen LogP contribution in [0, 0.1) is 29.6 Å². The van der Waals surface area contributed by atoms with Gasteiger partial charge in [0, 0.05) is 36.1 Å². The second kappa shape index (κ2) is 16.8. The predicted octanol–water partition coefficient (Wildman–Crippen LogP) is 2.68. The number of aliphatic hydroxyl groups excluding tert-OH is 3. The Kier molecular flexibility index (Phi) is 14.5. The Morgan fingerprint density at radius 2 is 1.76 bits per heavy atom. The van der Waals surface area contributed by atoms with Crippen molar-refractivity contribution in [3.05, 3.63) is 23.8 Å². The van der Waals surface area contributed by atoms with Gasteiger partial charge in [0.1, 0.15) is 12.4 Å². The Morgan fingerprint density at radius 3 is 2.33 bits per heavy atom. The highest BCUT2D eigenvalue weighted by Crippen LogP contribution is 2.36. The van der Waals surface area contributed by atoms with Crippen LogP contribution in [-0.2, 0) is 28.6 Å². The van der Waals surface area contributed by atoms with Crippen molar-refractivity contribution < 1.29 is 43.9 Å². The molecule has 0 amide bonds. The lowest BCUT2D eigenvalue weighted by Gasteiger charge is -2.47. The lowest BCUT2D eigenvalue weighted by Crippen LogP contribution is -2.59. The fraction of sp³-hybridized carbons (Fsp3) is 0.781. The average molecular weight is 596 g/mol. The largest absolute Gasteiger partial charge is 0.462 e. The molecule has 0 radical (unpaired) electrons. The number of aliphatic hydroxyl groups is 3. The lowest BCUT2D eigenvalue weighted by molar-refractivity contribution is -0.287. The van der Waals surface area contributed by atoms with Crippen LogP contribution < -0.4 is 0 Å². The van der Waals surface area contributed by atoms with E-state index >= 15 is 0 Å².